The molecule has 0 bridgehead atoms. The second-order valence-electron chi connectivity index (χ2n) is 12.1. The first-order chi connectivity index (χ1) is 16.9. The van der Waals surface area contributed by atoms with Crippen LogP contribution in [0.3, 0.4) is 0 Å². The Labute approximate surface area is 211 Å². The van der Waals surface area contributed by atoms with E-state index in [1.54, 1.807) is 18.6 Å². The summed E-state index contributed by atoms with van der Waals surface area (Å²) in [6.45, 7) is 11.9. The lowest BCUT2D eigenvalue weighted by molar-refractivity contribution is -0.198. The van der Waals surface area contributed by atoms with E-state index in [1.807, 2.05) is 27.7 Å². The molecule has 36 heavy (non-hydrogen) atoms. The van der Waals surface area contributed by atoms with Crippen LogP contribution in [-0.2, 0) is 28.6 Å². The largest absolute Gasteiger partial charge is 0.472 e. The molecule has 0 aromatic carbocycles. The highest BCUT2D eigenvalue weighted by Gasteiger charge is 2.78. The van der Waals surface area contributed by atoms with E-state index in [9.17, 15) is 14.4 Å². The first-order valence-corrected chi connectivity index (χ1v) is 12.8. The third-order valence-electron chi connectivity index (χ3n) is 10.6. The van der Waals surface area contributed by atoms with E-state index in [1.165, 1.54) is 18.8 Å². The van der Waals surface area contributed by atoms with Crippen molar-refractivity contribution in [3.63, 3.8) is 0 Å². The topological polar surface area (TPSA) is 92.0 Å². The third kappa shape index (κ3) is 2.50. The van der Waals surface area contributed by atoms with Gasteiger partial charge in [0.25, 0.3) is 0 Å². The standard InChI is InChI=1S/C29H34O7/c1-13-11-34-12-17(13)16-10-18-20(14(16)2)29(6)22(15(3)25(31)33-7)28(5)19(30)8-9-27(4)23(28)21(24(29)35-18)36-26(27)32/h8-9,11-12,15-16,18,21-24H,10H2,1-7H3/t15?,16-,18-,21-,22-,23+,24-,27-,28-,29+/m1/s1. The number of esters is 2. The van der Waals surface area contributed by atoms with E-state index < -0.39 is 46.2 Å². The molecular formula is C29H34O7. The minimum Gasteiger partial charge on any atom is -0.472 e. The van der Waals surface area contributed by atoms with Gasteiger partial charge in [0.05, 0.1) is 37.1 Å². The second-order valence-corrected chi connectivity index (χ2v) is 12.1. The Morgan fingerprint density at radius 1 is 1.14 bits per heavy atom. The zero-order chi connectivity index (χ0) is 25.9. The van der Waals surface area contributed by atoms with Crippen LogP contribution in [0.15, 0.2) is 40.2 Å². The molecule has 1 unspecified atom stereocenters. The molecule has 0 radical (unpaired) electrons. The fourth-order valence-corrected chi connectivity index (χ4v) is 9.24. The van der Waals surface area contributed by atoms with Crippen molar-refractivity contribution in [3.05, 3.63) is 47.0 Å². The van der Waals surface area contributed by atoms with Crippen molar-refractivity contribution in [1.82, 2.24) is 0 Å². The quantitative estimate of drug-likeness (QED) is 0.457. The van der Waals surface area contributed by atoms with Gasteiger partial charge in [0, 0.05) is 28.2 Å². The molecule has 6 rings (SSSR count). The van der Waals surface area contributed by atoms with Crippen LogP contribution in [0.25, 0.3) is 0 Å². The summed E-state index contributed by atoms with van der Waals surface area (Å²) in [6, 6.07) is 0. The maximum atomic E-state index is 13.9. The van der Waals surface area contributed by atoms with Gasteiger partial charge in [0.1, 0.15) is 12.2 Å². The molecule has 7 heteroatoms. The Hall–Kier alpha value is -2.67. The van der Waals surface area contributed by atoms with E-state index in [2.05, 4.69) is 13.8 Å². The second kappa shape index (κ2) is 7.21. The SMILES string of the molecule is COC(=O)C(C)[C@H]1[C@]2(C)C3=C(C)[C@H](c4cocc4C)C[C@H]3O[C@@H]2[C@@H]2OC(=O)[C@]3(C)C=CC(=O)[C@@]1(C)[C@@H]23. The highest BCUT2D eigenvalue weighted by Crippen LogP contribution is 2.72. The van der Waals surface area contributed by atoms with Crippen molar-refractivity contribution < 1.29 is 33.0 Å². The minimum absolute atomic E-state index is 0.0735. The van der Waals surface area contributed by atoms with Gasteiger partial charge in [-0.2, -0.15) is 0 Å². The molecule has 7 nitrogen and oxygen atoms in total. The summed E-state index contributed by atoms with van der Waals surface area (Å²) in [6.07, 6.45) is 6.31. The average molecular weight is 495 g/mol. The highest BCUT2D eigenvalue weighted by molar-refractivity contribution is 6.00. The number of rotatable bonds is 3. The van der Waals surface area contributed by atoms with Gasteiger partial charge in [-0.05, 0) is 50.3 Å². The first kappa shape index (κ1) is 23.7. The zero-order valence-electron chi connectivity index (χ0n) is 21.9. The summed E-state index contributed by atoms with van der Waals surface area (Å²) in [5.41, 5.74) is 1.85. The van der Waals surface area contributed by atoms with E-state index in [0.717, 1.165) is 23.1 Å². The molecule has 1 aromatic heterocycles. The lowest BCUT2D eigenvalue weighted by Crippen LogP contribution is -2.67. The maximum absolute atomic E-state index is 13.9. The lowest BCUT2D eigenvalue weighted by atomic mass is 9.40. The highest BCUT2D eigenvalue weighted by atomic mass is 16.6. The fourth-order valence-electron chi connectivity index (χ4n) is 9.24. The molecule has 0 N–H and O–H groups in total. The average Bonchev–Trinajstić information content (AvgIpc) is 3.54. The lowest BCUT2D eigenvalue weighted by Gasteiger charge is -2.60. The number of hydrogen-bond donors (Lipinski definition) is 0. The van der Waals surface area contributed by atoms with Gasteiger partial charge in [0.2, 0.25) is 0 Å². The van der Waals surface area contributed by atoms with Crippen LogP contribution in [0.1, 0.15) is 58.1 Å². The van der Waals surface area contributed by atoms with Crippen LogP contribution in [0.4, 0.5) is 0 Å². The Kier molecular flexibility index (Phi) is 4.75. The van der Waals surface area contributed by atoms with Gasteiger partial charge in [-0.3, -0.25) is 14.4 Å². The molecule has 0 spiro atoms. The predicted molar refractivity (Wildman–Crippen MR) is 129 cm³/mol. The van der Waals surface area contributed by atoms with Crippen LogP contribution in [0, 0.1) is 40.9 Å². The van der Waals surface area contributed by atoms with E-state index in [-0.39, 0.29) is 29.7 Å². The van der Waals surface area contributed by atoms with Crippen LogP contribution in [-0.4, -0.2) is 43.1 Å². The molecule has 1 aromatic rings. The van der Waals surface area contributed by atoms with Gasteiger partial charge in [0.15, 0.2) is 5.78 Å². The molecule has 0 amide bonds. The van der Waals surface area contributed by atoms with E-state index in [0.29, 0.717) is 0 Å². The number of hydrogen-bond acceptors (Lipinski definition) is 7. The van der Waals surface area contributed by atoms with Crippen molar-refractivity contribution in [2.24, 2.45) is 34.0 Å². The number of carbonyl (C=O) groups excluding carboxylic acids is 3. The van der Waals surface area contributed by atoms with E-state index in [4.69, 9.17) is 18.6 Å². The van der Waals surface area contributed by atoms with Crippen molar-refractivity contribution in [1.29, 1.82) is 0 Å². The molecule has 2 aliphatic heterocycles. The smallest absolute Gasteiger partial charge is 0.316 e. The third-order valence-corrected chi connectivity index (χ3v) is 10.6. The van der Waals surface area contributed by atoms with Gasteiger partial charge < -0.3 is 18.6 Å². The van der Waals surface area contributed by atoms with Crippen LogP contribution in [0.2, 0.25) is 0 Å². The van der Waals surface area contributed by atoms with Gasteiger partial charge in [-0.15, -0.1) is 0 Å². The van der Waals surface area contributed by atoms with Crippen LogP contribution >= 0.6 is 0 Å². The van der Waals surface area contributed by atoms with Gasteiger partial charge >= 0.3 is 11.9 Å². The maximum Gasteiger partial charge on any atom is 0.316 e. The summed E-state index contributed by atoms with van der Waals surface area (Å²) in [7, 11) is 1.38. The van der Waals surface area contributed by atoms with Crippen molar-refractivity contribution in [3.8, 4) is 0 Å². The summed E-state index contributed by atoms with van der Waals surface area (Å²) < 4.78 is 23.6. The number of allylic oxidation sites excluding steroid dienone is 2. The molecule has 3 aliphatic carbocycles. The summed E-state index contributed by atoms with van der Waals surface area (Å²) in [5, 5.41) is 0. The first-order valence-electron chi connectivity index (χ1n) is 12.8. The number of methoxy groups -OCH3 is 1. The predicted octanol–water partition coefficient (Wildman–Crippen LogP) is 4.30. The molecule has 1 saturated carbocycles. The van der Waals surface area contributed by atoms with E-state index >= 15 is 0 Å². The molecule has 10 atom stereocenters. The molecule has 2 saturated heterocycles. The Morgan fingerprint density at radius 3 is 2.50 bits per heavy atom. The summed E-state index contributed by atoms with van der Waals surface area (Å²) >= 11 is 0. The number of fused-ring (bicyclic) bond motifs is 4. The molecule has 3 heterocycles. The Balaban J connectivity index is 1.60. The number of carbonyl (C=O) groups is 3. The summed E-state index contributed by atoms with van der Waals surface area (Å²) in [4.78, 5) is 40.3. The normalized spacial score (nSPS) is 45.3. The number of furan rings is 1. The molecule has 3 fully saturated rings. The van der Waals surface area contributed by atoms with Gasteiger partial charge in [-0.1, -0.05) is 32.4 Å². The monoisotopic (exact) mass is 494 g/mol. The van der Waals surface area contributed by atoms with Crippen LogP contribution < -0.4 is 0 Å². The minimum atomic E-state index is -1.02. The van der Waals surface area contributed by atoms with Gasteiger partial charge in [-0.25, -0.2) is 0 Å². The Morgan fingerprint density at radius 2 is 1.86 bits per heavy atom. The number of ketones is 1. The van der Waals surface area contributed by atoms with Crippen molar-refractivity contribution >= 4 is 17.7 Å². The molecule has 5 aliphatic rings. The zero-order valence-corrected chi connectivity index (χ0v) is 21.9. The summed E-state index contributed by atoms with van der Waals surface area (Å²) in [5.74, 6) is -2.13. The van der Waals surface area contributed by atoms with Crippen LogP contribution in [0.5, 0.6) is 0 Å². The number of aryl methyl sites for hydroxylation is 1. The Bertz CT molecular complexity index is 1250. The number of ether oxygens (including phenoxy) is 3. The fraction of sp³-hybridized carbons (Fsp3) is 0.621. The van der Waals surface area contributed by atoms with Crippen molar-refractivity contribution in [2.75, 3.05) is 7.11 Å². The molecule has 192 valence electrons. The van der Waals surface area contributed by atoms with Crippen molar-refractivity contribution in [2.45, 2.75) is 72.2 Å². The molecular weight excluding hydrogens is 460 g/mol.